The molecule has 4 rings (SSSR count). The monoisotopic (exact) mass is 352 g/mol. The first-order chi connectivity index (χ1) is 12.6. The molecule has 1 unspecified atom stereocenters. The SMILES string of the molecule is O=C1Nc2ccccc2CC1CCC(=O)N1CCc2c(nc[nH]c2=O)C1. The molecule has 7 nitrogen and oxygen atoms in total. The highest BCUT2D eigenvalue weighted by Crippen LogP contribution is 2.28. The summed E-state index contributed by atoms with van der Waals surface area (Å²) in [5.41, 5.74) is 3.18. The number of para-hydroxylation sites is 1. The molecule has 26 heavy (non-hydrogen) atoms. The molecular formula is C19H20N4O3. The van der Waals surface area contributed by atoms with Gasteiger partial charge in [0.25, 0.3) is 5.56 Å². The van der Waals surface area contributed by atoms with Gasteiger partial charge < -0.3 is 15.2 Å². The van der Waals surface area contributed by atoms with Gasteiger partial charge in [0.05, 0.1) is 18.6 Å². The van der Waals surface area contributed by atoms with E-state index in [0.717, 1.165) is 11.3 Å². The summed E-state index contributed by atoms with van der Waals surface area (Å²) in [5, 5.41) is 2.92. The number of fused-ring (bicyclic) bond motifs is 2. The minimum absolute atomic E-state index is 0.00407. The number of rotatable bonds is 3. The minimum atomic E-state index is -0.188. The number of amides is 2. The van der Waals surface area contributed by atoms with Crippen molar-refractivity contribution < 1.29 is 9.59 Å². The summed E-state index contributed by atoms with van der Waals surface area (Å²) < 4.78 is 0. The molecule has 0 radical (unpaired) electrons. The molecule has 2 N–H and O–H groups in total. The average molecular weight is 352 g/mol. The number of nitrogens with zero attached hydrogens (tertiary/aromatic N) is 2. The van der Waals surface area contributed by atoms with Crippen molar-refractivity contribution in [3.8, 4) is 0 Å². The third-order valence-corrected chi connectivity index (χ3v) is 5.18. The van der Waals surface area contributed by atoms with Crippen molar-refractivity contribution in [3.63, 3.8) is 0 Å². The van der Waals surface area contributed by atoms with Gasteiger partial charge in [0.2, 0.25) is 11.8 Å². The summed E-state index contributed by atoms with van der Waals surface area (Å²) in [6, 6.07) is 7.76. The molecule has 2 aliphatic rings. The van der Waals surface area contributed by atoms with Crippen LogP contribution in [-0.2, 0) is 29.0 Å². The summed E-state index contributed by atoms with van der Waals surface area (Å²) >= 11 is 0. The first kappa shape index (κ1) is 16.5. The number of hydrogen-bond acceptors (Lipinski definition) is 4. The van der Waals surface area contributed by atoms with E-state index in [1.807, 2.05) is 24.3 Å². The Morgan fingerprint density at radius 2 is 2.12 bits per heavy atom. The van der Waals surface area contributed by atoms with E-state index in [1.165, 1.54) is 6.33 Å². The molecule has 0 spiro atoms. The number of H-pyrrole nitrogens is 1. The van der Waals surface area contributed by atoms with Crippen LogP contribution in [0.4, 0.5) is 5.69 Å². The van der Waals surface area contributed by atoms with E-state index in [0.29, 0.717) is 50.0 Å². The van der Waals surface area contributed by atoms with Gasteiger partial charge in [0, 0.05) is 30.1 Å². The Hall–Kier alpha value is -2.96. The van der Waals surface area contributed by atoms with Crippen LogP contribution in [-0.4, -0.2) is 33.2 Å². The summed E-state index contributed by atoms with van der Waals surface area (Å²) in [7, 11) is 0. The Balaban J connectivity index is 1.38. The van der Waals surface area contributed by atoms with E-state index >= 15 is 0 Å². The molecule has 0 fully saturated rings. The second-order valence-electron chi connectivity index (χ2n) is 6.81. The predicted octanol–water partition coefficient (Wildman–Crippen LogP) is 1.25. The molecule has 2 amide bonds. The topological polar surface area (TPSA) is 95.2 Å². The zero-order valence-electron chi connectivity index (χ0n) is 14.3. The summed E-state index contributed by atoms with van der Waals surface area (Å²) in [6.07, 6.45) is 3.39. The average Bonchev–Trinajstić information content (AvgIpc) is 2.66. The molecule has 0 saturated carbocycles. The van der Waals surface area contributed by atoms with Crippen molar-refractivity contribution in [1.82, 2.24) is 14.9 Å². The maximum atomic E-state index is 12.6. The third-order valence-electron chi connectivity index (χ3n) is 5.18. The summed E-state index contributed by atoms with van der Waals surface area (Å²) in [5.74, 6) is -0.204. The summed E-state index contributed by atoms with van der Waals surface area (Å²) in [4.78, 5) is 45.1. The van der Waals surface area contributed by atoms with Crippen molar-refractivity contribution in [1.29, 1.82) is 0 Å². The Kier molecular flexibility index (Phi) is 4.28. The van der Waals surface area contributed by atoms with Crippen molar-refractivity contribution in [3.05, 3.63) is 57.8 Å². The maximum absolute atomic E-state index is 12.6. The number of carbonyl (C=O) groups is 2. The zero-order valence-corrected chi connectivity index (χ0v) is 14.3. The molecule has 1 aromatic carbocycles. The fourth-order valence-corrected chi connectivity index (χ4v) is 3.68. The van der Waals surface area contributed by atoms with Crippen molar-refractivity contribution in [2.24, 2.45) is 5.92 Å². The Morgan fingerprint density at radius 1 is 1.27 bits per heavy atom. The van der Waals surface area contributed by atoms with E-state index < -0.39 is 0 Å². The lowest BCUT2D eigenvalue weighted by Crippen LogP contribution is -2.39. The van der Waals surface area contributed by atoms with Crippen LogP contribution in [0.2, 0.25) is 0 Å². The van der Waals surface area contributed by atoms with Crippen LogP contribution in [0, 0.1) is 5.92 Å². The van der Waals surface area contributed by atoms with Crippen LogP contribution in [0.3, 0.4) is 0 Å². The van der Waals surface area contributed by atoms with Crippen LogP contribution < -0.4 is 10.9 Å². The molecule has 7 heteroatoms. The first-order valence-corrected chi connectivity index (χ1v) is 8.84. The van der Waals surface area contributed by atoms with Crippen LogP contribution in [0.5, 0.6) is 0 Å². The van der Waals surface area contributed by atoms with Gasteiger partial charge in [-0.1, -0.05) is 18.2 Å². The van der Waals surface area contributed by atoms with Crippen LogP contribution in [0.15, 0.2) is 35.4 Å². The molecule has 0 aliphatic carbocycles. The van der Waals surface area contributed by atoms with Crippen molar-refractivity contribution in [2.45, 2.75) is 32.2 Å². The fraction of sp³-hybridized carbons (Fsp3) is 0.368. The highest BCUT2D eigenvalue weighted by molar-refractivity contribution is 5.96. The summed E-state index contributed by atoms with van der Waals surface area (Å²) in [6.45, 7) is 0.873. The van der Waals surface area contributed by atoms with Gasteiger partial charge in [-0.25, -0.2) is 4.98 Å². The fourth-order valence-electron chi connectivity index (χ4n) is 3.68. The van der Waals surface area contributed by atoms with Crippen LogP contribution in [0.1, 0.15) is 29.7 Å². The molecule has 134 valence electrons. The number of carbonyl (C=O) groups excluding carboxylic acids is 2. The molecule has 0 saturated heterocycles. The van der Waals surface area contributed by atoms with Gasteiger partial charge >= 0.3 is 0 Å². The van der Waals surface area contributed by atoms with Crippen molar-refractivity contribution >= 4 is 17.5 Å². The number of anilines is 1. The normalized spacial score (nSPS) is 18.7. The molecule has 2 aromatic rings. The largest absolute Gasteiger partial charge is 0.336 e. The van der Waals surface area contributed by atoms with Gasteiger partial charge in [0.15, 0.2) is 0 Å². The minimum Gasteiger partial charge on any atom is -0.336 e. The van der Waals surface area contributed by atoms with E-state index in [1.54, 1.807) is 4.90 Å². The van der Waals surface area contributed by atoms with E-state index in [2.05, 4.69) is 15.3 Å². The lowest BCUT2D eigenvalue weighted by Gasteiger charge is -2.29. The Morgan fingerprint density at radius 3 is 3.00 bits per heavy atom. The van der Waals surface area contributed by atoms with Gasteiger partial charge in [-0.2, -0.15) is 0 Å². The van der Waals surface area contributed by atoms with E-state index in [4.69, 9.17) is 0 Å². The predicted molar refractivity (Wildman–Crippen MR) is 95.5 cm³/mol. The number of hydrogen-bond donors (Lipinski definition) is 2. The second-order valence-corrected chi connectivity index (χ2v) is 6.81. The quantitative estimate of drug-likeness (QED) is 0.869. The second kappa shape index (κ2) is 6.74. The molecule has 2 aliphatic heterocycles. The maximum Gasteiger partial charge on any atom is 0.254 e. The number of benzene rings is 1. The molecule has 1 atom stereocenters. The standard InChI is InChI=1S/C19H20N4O3/c24-17(23-8-7-14-16(10-23)20-11-21-19(14)26)6-5-13-9-12-3-1-2-4-15(12)22-18(13)25/h1-4,11,13H,5-10H2,(H,22,25)(H,20,21,26). The van der Waals surface area contributed by atoms with Crippen LogP contribution in [0.25, 0.3) is 0 Å². The molecule has 1 aromatic heterocycles. The Labute approximate surface area is 150 Å². The first-order valence-electron chi connectivity index (χ1n) is 8.84. The number of aromatic nitrogens is 2. The van der Waals surface area contributed by atoms with E-state index in [-0.39, 0.29) is 23.3 Å². The molecular weight excluding hydrogens is 332 g/mol. The lowest BCUT2D eigenvalue weighted by atomic mass is 9.89. The smallest absolute Gasteiger partial charge is 0.254 e. The van der Waals surface area contributed by atoms with Crippen molar-refractivity contribution in [2.75, 3.05) is 11.9 Å². The third kappa shape index (κ3) is 3.12. The Bertz CT molecular complexity index is 921. The number of nitrogens with one attached hydrogen (secondary N) is 2. The van der Waals surface area contributed by atoms with Gasteiger partial charge in [-0.15, -0.1) is 0 Å². The highest BCUT2D eigenvalue weighted by Gasteiger charge is 2.28. The molecule has 0 bridgehead atoms. The molecule has 3 heterocycles. The highest BCUT2D eigenvalue weighted by atomic mass is 16.2. The van der Waals surface area contributed by atoms with E-state index in [9.17, 15) is 14.4 Å². The zero-order chi connectivity index (χ0) is 18.1. The van der Waals surface area contributed by atoms with Gasteiger partial charge in [-0.3, -0.25) is 14.4 Å². The van der Waals surface area contributed by atoms with Gasteiger partial charge in [0.1, 0.15) is 0 Å². The number of aromatic amines is 1. The van der Waals surface area contributed by atoms with Crippen LogP contribution >= 0.6 is 0 Å². The van der Waals surface area contributed by atoms with Gasteiger partial charge in [-0.05, 0) is 30.9 Å². The lowest BCUT2D eigenvalue weighted by molar-refractivity contribution is -0.132.